The van der Waals surface area contributed by atoms with Crippen LogP contribution in [0.5, 0.6) is 0 Å². The van der Waals surface area contributed by atoms with Crippen LogP contribution in [-0.4, -0.2) is 33.2 Å². The molecular formula is C22H19F2N3O4S2. The summed E-state index contributed by atoms with van der Waals surface area (Å²) in [6, 6.07) is 15.5. The highest BCUT2D eigenvalue weighted by Crippen LogP contribution is 2.37. The van der Waals surface area contributed by atoms with Crippen molar-refractivity contribution in [1.29, 1.82) is 0 Å². The molecule has 0 bridgehead atoms. The van der Waals surface area contributed by atoms with Gasteiger partial charge in [0.1, 0.15) is 11.6 Å². The minimum absolute atomic E-state index is 0.136. The molecule has 1 atom stereocenters. The molecule has 1 heterocycles. The van der Waals surface area contributed by atoms with Gasteiger partial charge in [-0.15, -0.1) is 0 Å². The summed E-state index contributed by atoms with van der Waals surface area (Å²) in [6.45, 7) is 0. The third-order valence-corrected chi connectivity index (χ3v) is 7.25. The van der Waals surface area contributed by atoms with Crippen LogP contribution >= 0.6 is 0 Å². The largest absolute Gasteiger partial charge is 0.284 e. The highest BCUT2D eigenvalue weighted by atomic mass is 32.2. The van der Waals surface area contributed by atoms with Crippen molar-refractivity contribution in [2.24, 2.45) is 5.10 Å². The van der Waals surface area contributed by atoms with E-state index >= 15 is 0 Å². The lowest BCUT2D eigenvalue weighted by atomic mass is 9.99. The van der Waals surface area contributed by atoms with Gasteiger partial charge in [0.05, 0.1) is 22.9 Å². The van der Waals surface area contributed by atoms with E-state index in [0.717, 1.165) is 22.8 Å². The first-order chi connectivity index (χ1) is 15.5. The Morgan fingerprint density at radius 1 is 0.909 bits per heavy atom. The molecule has 0 spiro atoms. The van der Waals surface area contributed by atoms with Gasteiger partial charge in [-0.05, 0) is 53.6 Å². The van der Waals surface area contributed by atoms with Crippen molar-refractivity contribution in [3.63, 3.8) is 0 Å². The highest BCUT2D eigenvalue weighted by Gasteiger charge is 2.38. The van der Waals surface area contributed by atoms with Crippen LogP contribution in [0.15, 0.2) is 82.8 Å². The van der Waals surface area contributed by atoms with Crippen molar-refractivity contribution in [2.75, 3.05) is 11.0 Å². The van der Waals surface area contributed by atoms with Gasteiger partial charge in [-0.2, -0.15) is 17.9 Å². The average Bonchev–Trinajstić information content (AvgIpc) is 3.20. The molecule has 11 heteroatoms. The van der Waals surface area contributed by atoms with E-state index in [2.05, 4.69) is 9.82 Å². The number of halogens is 2. The molecule has 0 saturated carbocycles. The van der Waals surface area contributed by atoms with Gasteiger partial charge >= 0.3 is 0 Å². The highest BCUT2D eigenvalue weighted by molar-refractivity contribution is 7.92. The SMILES string of the molecule is CS(=O)(=O)Nc1ccc(C2=NN(S(=O)(=O)c3cccc(F)c3)C(c3cccc(F)c3)C2)cc1. The molecule has 1 unspecified atom stereocenters. The van der Waals surface area contributed by atoms with Crippen LogP contribution in [0.4, 0.5) is 14.5 Å². The molecule has 1 N–H and O–H groups in total. The zero-order valence-electron chi connectivity index (χ0n) is 17.3. The Bertz CT molecular complexity index is 1440. The second-order valence-corrected chi connectivity index (χ2v) is 11.1. The second-order valence-electron chi connectivity index (χ2n) is 7.51. The summed E-state index contributed by atoms with van der Waals surface area (Å²) in [4.78, 5) is -0.276. The van der Waals surface area contributed by atoms with Gasteiger partial charge in [0.15, 0.2) is 0 Å². The number of hydrogen-bond donors (Lipinski definition) is 1. The molecule has 3 aromatic carbocycles. The average molecular weight is 492 g/mol. The van der Waals surface area contributed by atoms with E-state index in [1.807, 2.05) is 0 Å². The summed E-state index contributed by atoms with van der Waals surface area (Å²) in [6.07, 6.45) is 1.16. The fraction of sp³-hybridized carbons (Fsp3) is 0.136. The fourth-order valence-corrected chi connectivity index (χ4v) is 5.56. The predicted octanol–water partition coefficient (Wildman–Crippen LogP) is 3.88. The topological polar surface area (TPSA) is 95.9 Å². The Hall–Kier alpha value is -3.31. The molecule has 0 aromatic heterocycles. The van der Waals surface area contributed by atoms with Gasteiger partial charge in [0.2, 0.25) is 10.0 Å². The lowest BCUT2D eigenvalue weighted by Crippen LogP contribution is -2.27. The lowest BCUT2D eigenvalue weighted by Gasteiger charge is -2.23. The molecule has 0 amide bonds. The summed E-state index contributed by atoms with van der Waals surface area (Å²) >= 11 is 0. The van der Waals surface area contributed by atoms with Gasteiger partial charge in [0.25, 0.3) is 10.0 Å². The van der Waals surface area contributed by atoms with Crippen LogP contribution in [0.25, 0.3) is 0 Å². The van der Waals surface area contributed by atoms with E-state index in [-0.39, 0.29) is 11.3 Å². The number of hydrogen-bond acceptors (Lipinski definition) is 5. The maximum atomic E-state index is 13.9. The van der Waals surface area contributed by atoms with E-state index in [1.165, 1.54) is 42.5 Å². The normalized spacial score (nSPS) is 16.5. The van der Waals surface area contributed by atoms with Gasteiger partial charge in [0, 0.05) is 12.1 Å². The summed E-state index contributed by atoms with van der Waals surface area (Å²) in [5.74, 6) is -1.24. The number of rotatable bonds is 6. The first-order valence-corrected chi connectivity index (χ1v) is 13.1. The third-order valence-electron chi connectivity index (χ3n) is 4.97. The zero-order chi connectivity index (χ0) is 23.8. The van der Waals surface area contributed by atoms with Crippen LogP contribution in [0.2, 0.25) is 0 Å². The Kier molecular flexibility index (Phi) is 5.93. The Balaban J connectivity index is 1.75. The van der Waals surface area contributed by atoms with Crippen LogP contribution in [-0.2, 0) is 20.0 Å². The van der Waals surface area contributed by atoms with E-state index in [4.69, 9.17) is 0 Å². The second kappa shape index (κ2) is 8.56. The summed E-state index contributed by atoms with van der Waals surface area (Å²) in [7, 11) is -7.71. The van der Waals surface area contributed by atoms with Crippen LogP contribution in [0.1, 0.15) is 23.6 Å². The number of nitrogens with one attached hydrogen (secondary N) is 1. The number of anilines is 1. The standard InChI is InChI=1S/C22H19F2N3O4S2/c1-32(28,29)26-19-10-8-15(9-11-19)21-14-22(16-4-2-5-17(23)12-16)27(25-21)33(30,31)20-7-3-6-18(24)13-20/h2-13,22,26H,14H2,1H3. The first kappa shape index (κ1) is 22.9. The molecule has 4 rings (SSSR count). The van der Waals surface area contributed by atoms with Crippen LogP contribution in [0.3, 0.4) is 0 Å². The Morgan fingerprint density at radius 2 is 1.55 bits per heavy atom. The van der Waals surface area contributed by atoms with Crippen LogP contribution in [0, 0.1) is 11.6 Å². The maximum Gasteiger partial charge on any atom is 0.279 e. The molecular weight excluding hydrogens is 472 g/mol. The molecule has 1 aliphatic rings. The number of nitrogens with zero attached hydrogens (tertiary/aromatic N) is 2. The number of benzene rings is 3. The quantitative estimate of drug-likeness (QED) is 0.566. The monoisotopic (exact) mass is 491 g/mol. The smallest absolute Gasteiger partial charge is 0.279 e. The summed E-state index contributed by atoms with van der Waals surface area (Å²) in [5, 5.41) is 4.31. The number of sulfonamides is 2. The molecule has 0 saturated heterocycles. The van der Waals surface area contributed by atoms with Crippen molar-refractivity contribution < 1.29 is 25.6 Å². The van der Waals surface area contributed by atoms with Crippen molar-refractivity contribution in [3.8, 4) is 0 Å². The van der Waals surface area contributed by atoms with Gasteiger partial charge in [-0.1, -0.05) is 30.3 Å². The summed E-state index contributed by atoms with van der Waals surface area (Å²) < 4.78 is 80.3. The van der Waals surface area contributed by atoms with E-state index < -0.39 is 37.7 Å². The Labute approximate surface area is 190 Å². The molecule has 172 valence electrons. The molecule has 0 radical (unpaired) electrons. The molecule has 33 heavy (non-hydrogen) atoms. The zero-order valence-corrected chi connectivity index (χ0v) is 18.9. The summed E-state index contributed by atoms with van der Waals surface area (Å²) in [5.41, 5.74) is 1.69. The van der Waals surface area contributed by atoms with Crippen molar-refractivity contribution in [1.82, 2.24) is 4.41 Å². The molecule has 7 nitrogen and oxygen atoms in total. The predicted molar refractivity (Wildman–Crippen MR) is 121 cm³/mol. The molecule has 3 aromatic rings. The minimum atomic E-state index is -4.25. The van der Waals surface area contributed by atoms with Gasteiger partial charge in [-0.3, -0.25) is 4.72 Å². The van der Waals surface area contributed by atoms with Crippen molar-refractivity contribution in [3.05, 3.63) is 95.6 Å². The molecule has 0 fully saturated rings. The molecule has 0 aliphatic carbocycles. The van der Waals surface area contributed by atoms with Crippen molar-refractivity contribution in [2.45, 2.75) is 17.4 Å². The van der Waals surface area contributed by atoms with E-state index in [0.29, 0.717) is 22.5 Å². The Morgan fingerprint density at radius 3 is 2.15 bits per heavy atom. The van der Waals surface area contributed by atoms with Gasteiger partial charge in [-0.25, -0.2) is 17.2 Å². The third kappa shape index (κ3) is 5.04. The number of hydrazone groups is 1. The van der Waals surface area contributed by atoms with E-state index in [1.54, 1.807) is 18.2 Å². The lowest BCUT2D eigenvalue weighted by molar-refractivity contribution is 0.370. The first-order valence-electron chi connectivity index (χ1n) is 9.74. The van der Waals surface area contributed by atoms with Crippen molar-refractivity contribution >= 4 is 31.4 Å². The molecule has 1 aliphatic heterocycles. The van der Waals surface area contributed by atoms with E-state index in [9.17, 15) is 25.6 Å². The van der Waals surface area contributed by atoms with Crippen LogP contribution < -0.4 is 4.72 Å². The maximum absolute atomic E-state index is 13.9. The van der Waals surface area contributed by atoms with Gasteiger partial charge < -0.3 is 0 Å². The minimum Gasteiger partial charge on any atom is -0.284 e. The fourth-order valence-electron chi connectivity index (χ4n) is 3.53.